The molecule has 0 aliphatic heterocycles. The highest BCUT2D eigenvalue weighted by atomic mass is 32.1. The summed E-state index contributed by atoms with van der Waals surface area (Å²) in [5.41, 5.74) is 5.79. The van der Waals surface area contributed by atoms with Gasteiger partial charge in [0.05, 0.1) is 5.39 Å². The fourth-order valence-corrected chi connectivity index (χ4v) is 2.66. The van der Waals surface area contributed by atoms with Crippen molar-refractivity contribution in [1.29, 1.82) is 0 Å². The molecule has 0 aliphatic carbocycles. The second-order valence-corrected chi connectivity index (χ2v) is 6.17. The van der Waals surface area contributed by atoms with Crippen LogP contribution >= 0.6 is 11.3 Å². The van der Waals surface area contributed by atoms with Crippen LogP contribution < -0.4 is 11.1 Å². The van der Waals surface area contributed by atoms with Crippen molar-refractivity contribution in [2.24, 2.45) is 11.1 Å². The van der Waals surface area contributed by atoms with Crippen LogP contribution in [-0.4, -0.2) is 23.1 Å². The summed E-state index contributed by atoms with van der Waals surface area (Å²) in [4.78, 5) is 9.60. The lowest BCUT2D eigenvalue weighted by molar-refractivity contribution is 0.350. The van der Waals surface area contributed by atoms with Gasteiger partial charge in [-0.1, -0.05) is 13.8 Å². The van der Waals surface area contributed by atoms with Crippen LogP contribution in [0.1, 0.15) is 26.7 Å². The van der Waals surface area contributed by atoms with E-state index in [1.165, 1.54) is 0 Å². The number of thiophene rings is 1. The normalized spacial score (nSPS) is 11.9. The van der Waals surface area contributed by atoms with Crippen LogP contribution in [0.2, 0.25) is 0 Å². The minimum atomic E-state index is 0.229. The number of rotatable bonds is 6. The van der Waals surface area contributed by atoms with Crippen LogP contribution in [0.15, 0.2) is 17.8 Å². The summed E-state index contributed by atoms with van der Waals surface area (Å²) >= 11 is 1.64. The van der Waals surface area contributed by atoms with Crippen molar-refractivity contribution in [3.63, 3.8) is 0 Å². The maximum atomic E-state index is 5.56. The van der Waals surface area contributed by atoms with Crippen LogP contribution in [0.3, 0.4) is 0 Å². The van der Waals surface area contributed by atoms with E-state index in [2.05, 4.69) is 35.2 Å². The van der Waals surface area contributed by atoms with Crippen LogP contribution in [0.5, 0.6) is 0 Å². The fourth-order valence-electron chi connectivity index (χ4n) is 1.92. The summed E-state index contributed by atoms with van der Waals surface area (Å²) < 4.78 is 0. The summed E-state index contributed by atoms with van der Waals surface area (Å²) in [5.74, 6) is 0.932. The predicted molar refractivity (Wildman–Crippen MR) is 78.0 cm³/mol. The number of hydrogen-bond acceptors (Lipinski definition) is 5. The average molecular weight is 264 g/mol. The van der Waals surface area contributed by atoms with Gasteiger partial charge in [0.25, 0.3) is 0 Å². The first-order valence-electron chi connectivity index (χ1n) is 6.24. The number of aromatic nitrogens is 2. The first-order valence-corrected chi connectivity index (χ1v) is 7.12. The molecule has 0 aromatic carbocycles. The summed E-state index contributed by atoms with van der Waals surface area (Å²) in [5, 5.41) is 6.59. The molecule has 0 amide bonds. The third kappa shape index (κ3) is 3.17. The Balaban J connectivity index is 2.03. The Kier molecular flexibility index (Phi) is 4.14. The molecule has 0 spiro atoms. The molecular weight excluding hydrogens is 244 g/mol. The lowest BCUT2D eigenvalue weighted by atomic mass is 9.88. The molecule has 0 aliphatic rings. The van der Waals surface area contributed by atoms with Crippen molar-refractivity contribution in [3.05, 3.63) is 17.8 Å². The minimum absolute atomic E-state index is 0.229. The van der Waals surface area contributed by atoms with E-state index in [4.69, 9.17) is 5.73 Å². The monoisotopic (exact) mass is 264 g/mol. The number of anilines is 1. The molecule has 2 aromatic rings. The molecule has 2 aromatic heterocycles. The summed E-state index contributed by atoms with van der Waals surface area (Å²) in [7, 11) is 0. The zero-order chi connectivity index (χ0) is 13.0. The van der Waals surface area contributed by atoms with Crippen LogP contribution in [-0.2, 0) is 0 Å². The minimum Gasteiger partial charge on any atom is -0.369 e. The van der Waals surface area contributed by atoms with Gasteiger partial charge in [0.2, 0.25) is 0 Å². The Labute approximate surface area is 112 Å². The van der Waals surface area contributed by atoms with Gasteiger partial charge in [0.1, 0.15) is 17.0 Å². The Morgan fingerprint density at radius 1 is 1.39 bits per heavy atom. The van der Waals surface area contributed by atoms with Gasteiger partial charge >= 0.3 is 0 Å². The van der Waals surface area contributed by atoms with Gasteiger partial charge in [-0.3, -0.25) is 0 Å². The van der Waals surface area contributed by atoms with E-state index in [9.17, 15) is 0 Å². The molecule has 0 bridgehead atoms. The number of hydrogen-bond donors (Lipinski definition) is 2. The molecule has 2 heterocycles. The van der Waals surface area contributed by atoms with Gasteiger partial charge in [-0.2, -0.15) is 0 Å². The largest absolute Gasteiger partial charge is 0.369 e. The lowest BCUT2D eigenvalue weighted by Gasteiger charge is -2.25. The van der Waals surface area contributed by atoms with Crippen LogP contribution in [0.4, 0.5) is 5.82 Å². The molecule has 0 saturated carbocycles. The van der Waals surface area contributed by atoms with E-state index in [0.29, 0.717) is 0 Å². The first-order chi connectivity index (χ1) is 8.62. The highest BCUT2D eigenvalue weighted by Gasteiger charge is 2.17. The van der Waals surface area contributed by atoms with Crippen molar-refractivity contribution >= 4 is 27.4 Å². The lowest BCUT2D eigenvalue weighted by Crippen LogP contribution is -2.24. The number of fused-ring (bicyclic) bond motifs is 1. The average Bonchev–Trinajstić information content (AvgIpc) is 2.82. The van der Waals surface area contributed by atoms with E-state index in [1.54, 1.807) is 17.7 Å². The third-order valence-electron chi connectivity index (χ3n) is 3.05. The molecule has 0 saturated heterocycles. The topological polar surface area (TPSA) is 63.8 Å². The van der Waals surface area contributed by atoms with Crippen molar-refractivity contribution in [2.45, 2.75) is 26.7 Å². The molecule has 0 fully saturated rings. The van der Waals surface area contributed by atoms with E-state index < -0.39 is 0 Å². The number of nitrogens with one attached hydrogen (secondary N) is 1. The number of nitrogens with zero attached hydrogens (tertiary/aromatic N) is 2. The summed E-state index contributed by atoms with van der Waals surface area (Å²) in [6, 6.07) is 2.06. The van der Waals surface area contributed by atoms with Crippen molar-refractivity contribution in [1.82, 2.24) is 9.97 Å². The Hall–Kier alpha value is -1.20. The molecule has 18 heavy (non-hydrogen) atoms. The van der Waals surface area contributed by atoms with Gasteiger partial charge in [-0.05, 0) is 36.2 Å². The Morgan fingerprint density at radius 3 is 3.00 bits per heavy atom. The maximum Gasteiger partial charge on any atom is 0.138 e. The molecule has 2 rings (SSSR count). The first kappa shape index (κ1) is 13.2. The molecule has 0 unspecified atom stereocenters. The zero-order valence-electron chi connectivity index (χ0n) is 10.9. The molecule has 4 nitrogen and oxygen atoms in total. The third-order valence-corrected chi connectivity index (χ3v) is 3.87. The molecule has 0 radical (unpaired) electrons. The van der Waals surface area contributed by atoms with Gasteiger partial charge in [-0.25, -0.2) is 9.97 Å². The molecule has 3 N–H and O–H groups in total. The zero-order valence-corrected chi connectivity index (χ0v) is 11.8. The van der Waals surface area contributed by atoms with Crippen molar-refractivity contribution in [3.8, 4) is 0 Å². The van der Waals surface area contributed by atoms with Crippen molar-refractivity contribution in [2.75, 3.05) is 18.4 Å². The van der Waals surface area contributed by atoms with E-state index in [-0.39, 0.29) is 5.41 Å². The SMILES string of the molecule is CC(C)(CCCN)CNc1ncnc2sccc12. The maximum absolute atomic E-state index is 5.56. The number of nitrogens with two attached hydrogens (primary N) is 1. The van der Waals surface area contributed by atoms with Crippen LogP contribution in [0.25, 0.3) is 10.2 Å². The Bertz CT molecular complexity index is 506. The van der Waals surface area contributed by atoms with Gasteiger partial charge in [-0.15, -0.1) is 11.3 Å². The van der Waals surface area contributed by atoms with Crippen LogP contribution in [0, 0.1) is 5.41 Å². The molecular formula is C13H20N4S. The van der Waals surface area contributed by atoms with Gasteiger partial charge < -0.3 is 11.1 Å². The highest BCUT2D eigenvalue weighted by Crippen LogP contribution is 2.26. The van der Waals surface area contributed by atoms with Gasteiger partial charge in [0.15, 0.2) is 0 Å². The summed E-state index contributed by atoms with van der Waals surface area (Å²) in [6.45, 7) is 6.16. The molecule has 98 valence electrons. The standard InChI is InChI=1S/C13H20N4S/c1-13(2,5-3-6-14)8-15-11-10-4-7-18-12(10)17-9-16-11/h4,7,9H,3,5-6,8,14H2,1-2H3,(H,15,16,17). The Morgan fingerprint density at radius 2 is 2.22 bits per heavy atom. The van der Waals surface area contributed by atoms with Gasteiger partial charge in [0, 0.05) is 6.54 Å². The second kappa shape index (κ2) is 5.63. The second-order valence-electron chi connectivity index (χ2n) is 5.27. The van der Waals surface area contributed by atoms with E-state index in [0.717, 1.165) is 42.0 Å². The summed E-state index contributed by atoms with van der Waals surface area (Å²) in [6.07, 6.45) is 3.80. The highest BCUT2D eigenvalue weighted by molar-refractivity contribution is 7.16. The quantitative estimate of drug-likeness (QED) is 0.842. The molecule has 5 heteroatoms. The smallest absolute Gasteiger partial charge is 0.138 e. The fraction of sp³-hybridized carbons (Fsp3) is 0.538. The molecule has 0 atom stereocenters. The van der Waals surface area contributed by atoms with E-state index in [1.807, 2.05) is 5.38 Å². The predicted octanol–water partition coefficient (Wildman–Crippen LogP) is 2.87. The van der Waals surface area contributed by atoms with Crippen molar-refractivity contribution < 1.29 is 0 Å². The van der Waals surface area contributed by atoms with E-state index >= 15 is 0 Å².